The summed E-state index contributed by atoms with van der Waals surface area (Å²) in [6.45, 7) is 8.74. The fourth-order valence-electron chi connectivity index (χ4n) is 2.42. The molecular formula is C15H30N2O3. The number of methoxy groups -OCH3 is 1. The van der Waals surface area contributed by atoms with Crippen LogP contribution < -0.4 is 5.73 Å². The van der Waals surface area contributed by atoms with Gasteiger partial charge < -0.3 is 15.2 Å². The van der Waals surface area contributed by atoms with Crippen molar-refractivity contribution < 1.29 is 14.3 Å². The zero-order valence-corrected chi connectivity index (χ0v) is 13.2. The predicted molar refractivity (Wildman–Crippen MR) is 79.5 cm³/mol. The minimum absolute atomic E-state index is 0.0170. The van der Waals surface area contributed by atoms with E-state index in [0.717, 1.165) is 26.2 Å². The van der Waals surface area contributed by atoms with Crippen LogP contribution in [-0.4, -0.2) is 56.9 Å². The molecule has 1 heterocycles. The molecule has 0 saturated carbocycles. The minimum Gasteiger partial charge on any atom is -0.469 e. The fourth-order valence-corrected chi connectivity index (χ4v) is 2.42. The van der Waals surface area contributed by atoms with Gasteiger partial charge in [0, 0.05) is 13.1 Å². The van der Waals surface area contributed by atoms with Crippen LogP contribution in [0, 0.1) is 5.41 Å². The number of ether oxygens (including phenoxy) is 2. The Labute approximate surface area is 122 Å². The average Bonchev–Trinajstić information content (AvgIpc) is 2.44. The second-order valence-corrected chi connectivity index (χ2v) is 6.40. The normalized spacial score (nSPS) is 20.9. The average molecular weight is 286 g/mol. The highest BCUT2D eigenvalue weighted by Gasteiger charge is 2.23. The number of rotatable bonds is 8. The smallest absolute Gasteiger partial charge is 0.308 e. The highest BCUT2D eigenvalue weighted by atomic mass is 16.5. The molecule has 2 N–H and O–H groups in total. The molecular weight excluding hydrogens is 256 g/mol. The predicted octanol–water partition coefficient (Wildman–Crippen LogP) is 1.41. The third-order valence-corrected chi connectivity index (χ3v) is 3.98. The number of hydrogen-bond donors (Lipinski definition) is 1. The van der Waals surface area contributed by atoms with Gasteiger partial charge in [-0.05, 0) is 31.3 Å². The third-order valence-electron chi connectivity index (χ3n) is 3.98. The van der Waals surface area contributed by atoms with Crippen LogP contribution in [0.15, 0.2) is 0 Å². The molecule has 0 amide bonds. The molecule has 0 bridgehead atoms. The lowest BCUT2D eigenvalue weighted by Gasteiger charge is -2.32. The van der Waals surface area contributed by atoms with Crippen LogP contribution in [0.2, 0.25) is 0 Å². The molecule has 118 valence electrons. The van der Waals surface area contributed by atoms with Crippen molar-refractivity contribution in [1.82, 2.24) is 4.90 Å². The summed E-state index contributed by atoms with van der Waals surface area (Å²) in [6, 6.07) is 0. The van der Waals surface area contributed by atoms with Crippen LogP contribution in [0.3, 0.4) is 0 Å². The third kappa shape index (κ3) is 6.68. The summed E-state index contributed by atoms with van der Waals surface area (Å²) in [7, 11) is 1.42. The summed E-state index contributed by atoms with van der Waals surface area (Å²) in [5.74, 6) is -0.193. The summed E-state index contributed by atoms with van der Waals surface area (Å²) in [4.78, 5) is 13.6. The molecule has 0 aromatic heterocycles. The van der Waals surface area contributed by atoms with Crippen molar-refractivity contribution in [2.24, 2.45) is 11.1 Å². The highest BCUT2D eigenvalue weighted by Crippen LogP contribution is 2.21. The first-order chi connectivity index (χ1) is 9.46. The van der Waals surface area contributed by atoms with Gasteiger partial charge in [0.15, 0.2) is 0 Å². The van der Waals surface area contributed by atoms with Gasteiger partial charge in [-0.1, -0.05) is 20.3 Å². The molecule has 0 aromatic carbocycles. The monoisotopic (exact) mass is 286 g/mol. The lowest BCUT2D eigenvalue weighted by Crippen LogP contribution is -2.43. The van der Waals surface area contributed by atoms with Gasteiger partial charge in [0.2, 0.25) is 0 Å². The largest absolute Gasteiger partial charge is 0.469 e. The Hall–Kier alpha value is -0.650. The lowest BCUT2D eigenvalue weighted by molar-refractivity contribution is -0.145. The standard InChI is InChI=1S/C15H30N2O3/c1-15(2,12-16)6-4-5-7-17-8-9-20-13(11-17)10-14(18)19-3/h13H,4-12,16H2,1-3H3. The van der Waals surface area contributed by atoms with Crippen LogP contribution >= 0.6 is 0 Å². The first kappa shape index (κ1) is 17.4. The molecule has 5 heteroatoms. The van der Waals surface area contributed by atoms with E-state index in [1.165, 1.54) is 26.4 Å². The number of nitrogens with zero attached hydrogens (tertiary/aromatic N) is 1. The van der Waals surface area contributed by atoms with Crippen molar-refractivity contribution in [3.8, 4) is 0 Å². The molecule has 20 heavy (non-hydrogen) atoms. The summed E-state index contributed by atoms with van der Waals surface area (Å²) >= 11 is 0. The molecule has 0 radical (unpaired) electrons. The Bertz CT molecular complexity index is 295. The molecule has 1 rings (SSSR count). The SMILES string of the molecule is COC(=O)CC1CN(CCCCC(C)(C)CN)CCO1. The van der Waals surface area contributed by atoms with E-state index in [-0.39, 0.29) is 17.5 Å². The van der Waals surface area contributed by atoms with Gasteiger partial charge in [-0.25, -0.2) is 0 Å². The van der Waals surface area contributed by atoms with Crippen molar-refractivity contribution in [1.29, 1.82) is 0 Å². The summed E-state index contributed by atoms with van der Waals surface area (Å²) in [5.41, 5.74) is 5.99. The van der Waals surface area contributed by atoms with Gasteiger partial charge in [-0.3, -0.25) is 9.69 Å². The number of esters is 1. The van der Waals surface area contributed by atoms with Gasteiger partial charge in [0.05, 0.1) is 26.2 Å². The number of morpholine rings is 1. The van der Waals surface area contributed by atoms with E-state index in [9.17, 15) is 4.79 Å². The molecule has 1 unspecified atom stereocenters. The summed E-state index contributed by atoms with van der Waals surface area (Å²) in [5, 5.41) is 0. The molecule has 1 atom stereocenters. The molecule has 1 saturated heterocycles. The van der Waals surface area contributed by atoms with Crippen LogP contribution in [0.4, 0.5) is 0 Å². The number of carbonyl (C=O) groups excluding carboxylic acids is 1. The summed E-state index contributed by atoms with van der Waals surface area (Å²) < 4.78 is 10.3. The molecule has 5 nitrogen and oxygen atoms in total. The van der Waals surface area contributed by atoms with Gasteiger partial charge in [-0.2, -0.15) is 0 Å². The second-order valence-electron chi connectivity index (χ2n) is 6.40. The maximum atomic E-state index is 11.3. The van der Waals surface area contributed by atoms with Crippen LogP contribution in [0.5, 0.6) is 0 Å². The van der Waals surface area contributed by atoms with Crippen molar-refractivity contribution >= 4 is 5.97 Å². The minimum atomic E-state index is -0.193. The van der Waals surface area contributed by atoms with E-state index in [1.54, 1.807) is 0 Å². The fraction of sp³-hybridized carbons (Fsp3) is 0.933. The Morgan fingerprint density at radius 3 is 2.85 bits per heavy atom. The number of unbranched alkanes of at least 4 members (excludes halogenated alkanes) is 1. The molecule has 1 fully saturated rings. The van der Waals surface area contributed by atoms with Crippen LogP contribution in [0.25, 0.3) is 0 Å². The Kier molecular flexibility index (Phi) is 7.48. The molecule has 0 aromatic rings. The Morgan fingerprint density at radius 2 is 2.20 bits per heavy atom. The maximum absolute atomic E-state index is 11.3. The van der Waals surface area contributed by atoms with Gasteiger partial charge in [0.25, 0.3) is 0 Å². The van der Waals surface area contributed by atoms with Crippen molar-refractivity contribution in [2.45, 2.75) is 45.6 Å². The van der Waals surface area contributed by atoms with Crippen molar-refractivity contribution in [3.63, 3.8) is 0 Å². The zero-order chi connectivity index (χ0) is 15.0. The molecule has 1 aliphatic rings. The Balaban J connectivity index is 2.19. The molecule has 0 aliphatic carbocycles. The van der Waals surface area contributed by atoms with E-state index in [2.05, 4.69) is 23.5 Å². The molecule has 0 spiro atoms. The number of nitrogens with two attached hydrogens (primary N) is 1. The number of carbonyl (C=O) groups is 1. The van der Waals surface area contributed by atoms with Gasteiger partial charge in [0.1, 0.15) is 0 Å². The maximum Gasteiger partial charge on any atom is 0.308 e. The van der Waals surface area contributed by atoms with Gasteiger partial charge >= 0.3 is 5.97 Å². The lowest BCUT2D eigenvalue weighted by atomic mass is 9.87. The Morgan fingerprint density at radius 1 is 1.45 bits per heavy atom. The number of hydrogen-bond acceptors (Lipinski definition) is 5. The molecule has 1 aliphatic heterocycles. The van der Waals surface area contributed by atoms with Crippen LogP contribution in [0.1, 0.15) is 39.5 Å². The van der Waals surface area contributed by atoms with Crippen molar-refractivity contribution in [3.05, 3.63) is 0 Å². The van der Waals surface area contributed by atoms with Crippen LogP contribution in [-0.2, 0) is 14.3 Å². The van der Waals surface area contributed by atoms with E-state index >= 15 is 0 Å². The van der Waals surface area contributed by atoms with Crippen molar-refractivity contribution in [2.75, 3.05) is 39.9 Å². The zero-order valence-electron chi connectivity index (χ0n) is 13.2. The first-order valence-corrected chi connectivity index (χ1v) is 7.57. The van der Waals surface area contributed by atoms with E-state index in [4.69, 9.17) is 10.5 Å². The highest BCUT2D eigenvalue weighted by molar-refractivity contribution is 5.69. The summed E-state index contributed by atoms with van der Waals surface area (Å²) in [6.07, 6.45) is 3.88. The quantitative estimate of drug-likeness (QED) is 0.540. The van der Waals surface area contributed by atoms with E-state index in [1.807, 2.05) is 0 Å². The van der Waals surface area contributed by atoms with Gasteiger partial charge in [-0.15, -0.1) is 0 Å². The second kappa shape index (κ2) is 8.60. The van der Waals surface area contributed by atoms with E-state index < -0.39 is 0 Å². The first-order valence-electron chi connectivity index (χ1n) is 7.57. The topological polar surface area (TPSA) is 64.8 Å². The van der Waals surface area contributed by atoms with E-state index in [0.29, 0.717) is 13.0 Å².